The number of amides is 2. The molecule has 4 rings (SSSR count). The van der Waals surface area contributed by atoms with Crippen molar-refractivity contribution in [2.24, 2.45) is 0 Å². The highest BCUT2D eigenvalue weighted by atomic mass is 35.5. The molecule has 2 N–H and O–H groups in total. The van der Waals surface area contributed by atoms with Gasteiger partial charge in [-0.15, -0.1) is 10.2 Å². The number of hydrogen-bond acceptors (Lipinski definition) is 5. The second-order valence-electron chi connectivity index (χ2n) is 8.26. The van der Waals surface area contributed by atoms with Crippen molar-refractivity contribution in [3.63, 3.8) is 0 Å². The van der Waals surface area contributed by atoms with Crippen molar-refractivity contribution in [3.8, 4) is 5.69 Å². The fourth-order valence-electron chi connectivity index (χ4n) is 3.60. The Morgan fingerprint density at radius 1 is 0.974 bits per heavy atom. The molecule has 0 aliphatic carbocycles. The quantitative estimate of drug-likeness (QED) is 0.226. The highest BCUT2D eigenvalue weighted by Gasteiger charge is 2.33. The summed E-state index contributed by atoms with van der Waals surface area (Å²) >= 11 is 13.2. The number of halogens is 5. The molecular formula is C26H20Cl2F3N5O2S. The van der Waals surface area contributed by atoms with Gasteiger partial charge in [0.05, 0.1) is 39.3 Å². The number of carbonyl (C=O) groups is 2. The van der Waals surface area contributed by atoms with Gasteiger partial charge in [-0.1, -0.05) is 64.8 Å². The van der Waals surface area contributed by atoms with Crippen molar-refractivity contribution in [3.05, 3.63) is 99.3 Å². The maximum Gasteiger partial charge on any atom is 0.418 e. The first-order valence-electron chi connectivity index (χ1n) is 11.4. The summed E-state index contributed by atoms with van der Waals surface area (Å²) in [6.45, 7) is 1.87. The largest absolute Gasteiger partial charge is 0.418 e. The zero-order valence-corrected chi connectivity index (χ0v) is 22.5. The molecule has 13 heteroatoms. The zero-order chi connectivity index (χ0) is 28.2. The Balaban J connectivity index is 1.54. The molecule has 1 heterocycles. The number of aromatic nitrogens is 3. The number of hydrogen-bond donors (Lipinski definition) is 2. The van der Waals surface area contributed by atoms with Gasteiger partial charge in [-0.05, 0) is 49.4 Å². The number of anilines is 1. The van der Waals surface area contributed by atoms with Crippen molar-refractivity contribution in [1.82, 2.24) is 20.1 Å². The highest BCUT2D eigenvalue weighted by molar-refractivity contribution is 7.99. The summed E-state index contributed by atoms with van der Waals surface area (Å²) in [4.78, 5) is 25.2. The normalized spacial score (nSPS) is 11.3. The molecule has 7 nitrogen and oxygen atoms in total. The summed E-state index contributed by atoms with van der Waals surface area (Å²) < 4.78 is 41.4. The van der Waals surface area contributed by atoms with Gasteiger partial charge >= 0.3 is 6.18 Å². The topological polar surface area (TPSA) is 88.9 Å². The van der Waals surface area contributed by atoms with Gasteiger partial charge in [0.15, 0.2) is 11.0 Å². The zero-order valence-electron chi connectivity index (χ0n) is 20.2. The number of benzene rings is 3. The van der Waals surface area contributed by atoms with Gasteiger partial charge in [-0.2, -0.15) is 13.2 Å². The van der Waals surface area contributed by atoms with Crippen molar-refractivity contribution in [2.45, 2.75) is 24.8 Å². The molecular weight excluding hydrogens is 574 g/mol. The number of thioether (sulfide) groups is 1. The third-order valence-electron chi connectivity index (χ3n) is 5.39. The van der Waals surface area contributed by atoms with E-state index in [9.17, 15) is 22.8 Å². The third-order valence-corrected chi connectivity index (χ3v) is 7.06. The fourth-order valence-corrected chi connectivity index (χ4v) is 4.66. The van der Waals surface area contributed by atoms with E-state index in [1.807, 2.05) is 13.0 Å². The van der Waals surface area contributed by atoms with Crippen molar-refractivity contribution >= 4 is 52.5 Å². The molecule has 39 heavy (non-hydrogen) atoms. The molecule has 0 saturated carbocycles. The van der Waals surface area contributed by atoms with Crippen molar-refractivity contribution < 1.29 is 22.8 Å². The molecule has 0 saturated heterocycles. The van der Waals surface area contributed by atoms with E-state index in [4.69, 9.17) is 23.2 Å². The fraction of sp³-hybridized carbons (Fsp3) is 0.154. The molecule has 2 amide bonds. The van der Waals surface area contributed by atoms with Crippen LogP contribution >= 0.6 is 35.0 Å². The maximum atomic E-state index is 13.3. The monoisotopic (exact) mass is 593 g/mol. The van der Waals surface area contributed by atoms with Crippen molar-refractivity contribution in [1.29, 1.82) is 0 Å². The number of rotatable bonds is 8. The van der Waals surface area contributed by atoms with Gasteiger partial charge in [0.1, 0.15) is 0 Å². The lowest BCUT2D eigenvalue weighted by Gasteiger charge is -2.14. The molecule has 0 unspecified atom stereocenters. The second kappa shape index (κ2) is 12.1. The van der Waals surface area contributed by atoms with Crippen molar-refractivity contribution in [2.75, 3.05) is 11.1 Å². The van der Waals surface area contributed by atoms with E-state index in [1.165, 1.54) is 18.2 Å². The Labute approximate surface area is 235 Å². The van der Waals surface area contributed by atoms with Crippen LogP contribution in [-0.2, 0) is 17.5 Å². The minimum atomic E-state index is -4.62. The summed E-state index contributed by atoms with van der Waals surface area (Å²) in [5.41, 5.74) is 0.618. The highest BCUT2D eigenvalue weighted by Crippen LogP contribution is 2.35. The maximum absolute atomic E-state index is 13.3. The summed E-state index contributed by atoms with van der Waals surface area (Å²) in [5.74, 6) is -0.921. The smallest absolute Gasteiger partial charge is 0.345 e. The molecule has 0 aliphatic rings. The lowest BCUT2D eigenvalue weighted by atomic mass is 10.1. The number of para-hydroxylation sites is 1. The average Bonchev–Trinajstić information content (AvgIpc) is 3.30. The van der Waals surface area contributed by atoms with E-state index in [0.29, 0.717) is 22.1 Å². The second-order valence-corrected chi connectivity index (χ2v) is 10.0. The lowest BCUT2D eigenvalue weighted by Crippen LogP contribution is -2.24. The predicted molar refractivity (Wildman–Crippen MR) is 145 cm³/mol. The minimum Gasteiger partial charge on any atom is -0.345 e. The lowest BCUT2D eigenvalue weighted by molar-refractivity contribution is -0.137. The summed E-state index contributed by atoms with van der Waals surface area (Å²) in [5, 5.41) is 14.2. The Bertz CT molecular complexity index is 1530. The van der Waals surface area contributed by atoms with Crippen LogP contribution in [0.25, 0.3) is 5.69 Å². The van der Waals surface area contributed by atoms with E-state index in [0.717, 1.165) is 23.4 Å². The number of nitrogens with zero attached hydrogens (tertiary/aromatic N) is 3. The van der Waals surface area contributed by atoms with E-state index in [-0.39, 0.29) is 34.1 Å². The number of aryl methyl sites for hydroxylation is 1. The molecule has 0 atom stereocenters. The Morgan fingerprint density at radius 2 is 1.74 bits per heavy atom. The molecule has 0 spiro atoms. The van der Waals surface area contributed by atoms with Crippen LogP contribution in [0.3, 0.4) is 0 Å². The molecule has 202 valence electrons. The Morgan fingerprint density at radius 3 is 2.46 bits per heavy atom. The number of carbonyl (C=O) groups excluding carboxylic acids is 2. The van der Waals surface area contributed by atoms with Gasteiger partial charge in [0, 0.05) is 5.56 Å². The first kappa shape index (κ1) is 28.5. The Hall–Kier alpha value is -3.54. The van der Waals surface area contributed by atoms with E-state index in [2.05, 4.69) is 20.8 Å². The van der Waals surface area contributed by atoms with Gasteiger partial charge < -0.3 is 10.6 Å². The first-order chi connectivity index (χ1) is 18.5. The molecule has 0 fully saturated rings. The van der Waals surface area contributed by atoms with Crippen LogP contribution in [0.15, 0.2) is 71.9 Å². The molecule has 0 radical (unpaired) electrons. The van der Waals surface area contributed by atoms with Crippen LogP contribution in [0.5, 0.6) is 0 Å². The van der Waals surface area contributed by atoms with Crippen LogP contribution in [-0.4, -0.2) is 32.3 Å². The summed E-state index contributed by atoms with van der Waals surface area (Å²) in [6, 6.07) is 16.6. The SMILES string of the molecule is Cc1cccc(C(=O)NCc2nnc(SCC(=O)Nc3ccccc3C(F)(F)F)n2-c2ccc(Cl)c(Cl)c2)c1. The molecule has 1 aromatic heterocycles. The number of nitrogens with one attached hydrogen (secondary N) is 2. The van der Waals surface area contributed by atoms with Crippen LogP contribution in [0, 0.1) is 6.92 Å². The summed E-state index contributed by atoms with van der Waals surface area (Å²) in [7, 11) is 0. The van der Waals surface area contributed by atoms with Gasteiger partial charge in [-0.3, -0.25) is 14.2 Å². The molecule has 3 aromatic carbocycles. The van der Waals surface area contributed by atoms with Crippen LogP contribution in [0.2, 0.25) is 10.0 Å². The van der Waals surface area contributed by atoms with Crippen LogP contribution < -0.4 is 10.6 Å². The standard InChI is InChI=1S/C26H20Cl2F3N5O2S/c1-15-5-4-6-16(11-15)24(38)32-13-22-34-35-25(36(22)17-9-10-19(27)20(28)12-17)39-14-23(37)33-21-8-3-2-7-18(21)26(29,30)31/h2-12H,13-14H2,1H3,(H,32,38)(H,33,37). The first-order valence-corrected chi connectivity index (χ1v) is 13.1. The number of alkyl halides is 3. The van der Waals surface area contributed by atoms with Crippen LogP contribution in [0.1, 0.15) is 27.3 Å². The van der Waals surface area contributed by atoms with Gasteiger partial charge in [0.2, 0.25) is 5.91 Å². The van der Waals surface area contributed by atoms with Crippen LogP contribution in [0.4, 0.5) is 18.9 Å². The average molecular weight is 594 g/mol. The van der Waals surface area contributed by atoms with E-state index < -0.39 is 17.6 Å². The third kappa shape index (κ3) is 7.11. The molecule has 0 aliphatic heterocycles. The van der Waals surface area contributed by atoms with Gasteiger partial charge in [0.25, 0.3) is 5.91 Å². The summed E-state index contributed by atoms with van der Waals surface area (Å²) in [6.07, 6.45) is -4.62. The van der Waals surface area contributed by atoms with E-state index in [1.54, 1.807) is 41.0 Å². The molecule has 4 aromatic rings. The minimum absolute atomic E-state index is 0.00820. The van der Waals surface area contributed by atoms with E-state index >= 15 is 0 Å². The molecule has 0 bridgehead atoms. The predicted octanol–water partition coefficient (Wildman–Crippen LogP) is 6.56. The van der Waals surface area contributed by atoms with Gasteiger partial charge in [-0.25, -0.2) is 0 Å². The Kier molecular flexibility index (Phi) is 8.83.